The number of hydrogen-bond acceptors (Lipinski definition) is 8. The van der Waals surface area contributed by atoms with Gasteiger partial charge in [-0.3, -0.25) is 4.18 Å². The maximum Gasteiger partial charge on any atom is 0.364 e. The number of carbonyl (C=O) groups is 2. The van der Waals surface area contributed by atoms with Gasteiger partial charge in [0.15, 0.2) is 0 Å². The molecule has 0 radical (unpaired) electrons. The van der Waals surface area contributed by atoms with E-state index in [4.69, 9.17) is 4.74 Å². The molecule has 10 nitrogen and oxygen atoms in total. The molecular weight excluding hydrogens is 464 g/mol. The van der Waals surface area contributed by atoms with Crippen molar-refractivity contribution in [3.05, 3.63) is 54.6 Å². The fourth-order valence-corrected chi connectivity index (χ4v) is 3.25. The van der Waals surface area contributed by atoms with Crippen LogP contribution in [0, 0.1) is 0 Å². The van der Waals surface area contributed by atoms with Crippen LogP contribution in [0.3, 0.4) is 0 Å². The van der Waals surface area contributed by atoms with Crippen molar-refractivity contribution in [1.29, 1.82) is 0 Å². The Kier molecular flexibility index (Phi) is 13.7. The number of aryl methyl sites for hydroxylation is 1. The van der Waals surface area contributed by atoms with Crippen LogP contribution in [0.25, 0.3) is 0 Å². The SMILES string of the molecule is CCCCCCCCOS(=O)(=O)[O-].COC(=O)[C@@H](C(=O)OCc1ccccc1)n1cc[n+](C)c1. The third kappa shape index (κ3) is 12.5. The number of ether oxygens (including phenoxy) is 2. The van der Waals surface area contributed by atoms with Crippen molar-refractivity contribution in [2.24, 2.45) is 7.05 Å². The van der Waals surface area contributed by atoms with Gasteiger partial charge in [0.1, 0.15) is 19.0 Å². The largest absolute Gasteiger partial charge is 0.726 e. The van der Waals surface area contributed by atoms with Crippen molar-refractivity contribution in [2.45, 2.75) is 58.1 Å². The number of aromatic nitrogens is 2. The highest BCUT2D eigenvalue weighted by molar-refractivity contribution is 7.80. The summed E-state index contributed by atoms with van der Waals surface area (Å²) in [7, 11) is -1.44. The molecular formula is C23H34N2O8S. The first-order valence-electron chi connectivity index (χ1n) is 11.1. The smallest absolute Gasteiger partial charge is 0.364 e. The Labute approximate surface area is 201 Å². The van der Waals surface area contributed by atoms with Crippen molar-refractivity contribution in [3.8, 4) is 0 Å². The molecule has 2 aromatic rings. The maximum atomic E-state index is 12.2. The topological polar surface area (TPSA) is 128 Å². The van der Waals surface area contributed by atoms with Gasteiger partial charge < -0.3 is 14.0 Å². The zero-order valence-electron chi connectivity index (χ0n) is 19.9. The van der Waals surface area contributed by atoms with Crippen molar-refractivity contribution in [3.63, 3.8) is 0 Å². The lowest BCUT2D eigenvalue weighted by Gasteiger charge is -2.11. The Morgan fingerprint density at radius 2 is 1.71 bits per heavy atom. The maximum absolute atomic E-state index is 12.2. The highest BCUT2D eigenvalue weighted by Gasteiger charge is 2.35. The minimum absolute atomic E-state index is 0.0258. The molecule has 0 fully saturated rings. The van der Waals surface area contributed by atoms with Gasteiger partial charge in [0.05, 0.1) is 20.8 Å². The zero-order chi connectivity index (χ0) is 25.4. The molecule has 190 valence electrons. The van der Waals surface area contributed by atoms with Crippen molar-refractivity contribution in [2.75, 3.05) is 13.7 Å². The second kappa shape index (κ2) is 16.0. The molecule has 0 spiro atoms. The van der Waals surface area contributed by atoms with Gasteiger partial charge in [0.2, 0.25) is 16.7 Å². The Morgan fingerprint density at radius 3 is 2.26 bits per heavy atom. The van der Waals surface area contributed by atoms with Gasteiger partial charge in [0, 0.05) is 0 Å². The summed E-state index contributed by atoms with van der Waals surface area (Å²) in [6, 6.07) is 8.13. The molecule has 0 aliphatic heterocycles. The minimum Gasteiger partial charge on any atom is -0.726 e. The number of nitrogens with zero attached hydrogens (tertiary/aromatic N) is 2. The second-order valence-electron chi connectivity index (χ2n) is 7.54. The summed E-state index contributed by atoms with van der Waals surface area (Å²) in [6.07, 6.45) is 11.2. The fourth-order valence-electron chi connectivity index (χ4n) is 2.92. The summed E-state index contributed by atoms with van der Waals surface area (Å²) in [4.78, 5) is 24.0. The molecule has 0 saturated heterocycles. The molecule has 1 aromatic carbocycles. The molecule has 34 heavy (non-hydrogen) atoms. The van der Waals surface area contributed by atoms with E-state index in [2.05, 4.69) is 15.8 Å². The van der Waals surface area contributed by atoms with Crippen LogP contribution < -0.4 is 4.57 Å². The Bertz CT molecular complexity index is 960. The third-order valence-corrected chi connectivity index (χ3v) is 5.14. The van der Waals surface area contributed by atoms with Crippen molar-refractivity contribution < 1.29 is 40.8 Å². The monoisotopic (exact) mass is 498 g/mol. The van der Waals surface area contributed by atoms with Gasteiger partial charge in [-0.05, 0) is 12.0 Å². The predicted molar refractivity (Wildman–Crippen MR) is 122 cm³/mol. The summed E-state index contributed by atoms with van der Waals surface area (Å²) in [5.41, 5.74) is 0.854. The molecule has 0 N–H and O–H groups in total. The first kappa shape index (κ1) is 29.3. The number of esters is 2. The Balaban J connectivity index is 0.000000385. The molecule has 0 unspecified atom stereocenters. The molecule has 1 atom stereocenters. The number of imidazole rings is 1. The number of hydrogen-bond donors (Lipinski definition) is 0. The van der Waals surface area contributed by atoms with Gasteiger partial charge in [-0.2, -0.15) is 0 Å². The highest BCUT2D eigenvalue weighted by Crippen LogP contribution is 2.12. The van der Waals surface area contributed by atoms with E-state index in [1.807, 2.05) is 30.3 Å². The van der Waals surface area contributed by atoms with Gasteiger partial charge in [0.25, 0.3) is 6.04 Å². The van der Waals surface area contributed by atoms with E-state index >= 15 is 0 Å². The quantitative estimate of drug-likeness (QED) is 0.103. The number of methoxy groups -OCH3 is 1. The van der Waals surface area contributed by atoms with Crippen LogP contribution in [0.5, 0.6) is 0 Å². The predicted octanol–water partition coefficient (Wildman–Crippen LogP) is 2.59. The fraction of sp³-hybridized carbons (Fsp3) is 0.522. The lowest BCUT2D eigenvalue weighted by Crippen LogP contribution is -2.32. The molecule has 0 aliphatic rings. The molecule has 0 bridgehead atoms. The minimum atomic E-state index is -4.47. The van der Waals surface area contributed by atoms with E-state index in [0.29, 0.717) is 6.42 Å². The number of unbranched alkanes of at least 4 members (excludes halogenated alkanes) is 5. The van der Waals surface area contributed by atoms with Gasteiger partial charge in [-0.1, -0.05) is 69.4 Å². The summed E-state index contributed by atoms with van der Waals surface area (Å²) in [5, 5.41) is 0. The highest BCUT2D eigenvalue weighted by atomic mass is 32.3. The zero-order valence-corrected chi connectivity index (χ0v) is 20.7. The Morgan fingerprint density at radius 1 is 1.06 bits per heavy atom. The van der Waals surface area contributed by atoms with Crippen LogP contribution in [0.2, 0.25) is 0 Å². The van der Waals surface area contributed by atoms with E-state index in [1.54, 1.807) is 30.3 Å². The van der Waals surface area contributed by atoms with E-state index in [-0.39, 0.29) is 13.2 Å². The molecule has 11 heteroatoms. The number of carbonyl (C=O) groups excluding carboxylic acids is 2. The van der Waals surface area contributed by atoms with Gasteiger partial charge in [-0.25, -0.2) is 27.1 Å². The lowest BCUT2D eigenvalue weighted by molar-refractivity contribution is -0.671. The van der Waals surface area contributed by atoms with Gasteiger partial charge >= 0.3 is 11.9 Å². The van der Waals surface area contributed by atoms with Crippen LogP contribution in [0.15, 0.2) is 49.1 Å². The van der Waals surface area contributed by atoms with E-state index in [0.717, 1.165) is 18.4 Å². The molecule has 1 heterocycles. The third-order valence-electron chi connectivity index (χ3n) is 4.68. The van der Waals surface area contributed by atoms with E-state index in [1.165, 1.54) is 30.9 Å². The van der Waals surface area contributed by atoms with E-state index < -0.39 is 28.4 Å². The first-order valence-corrected chi connectivity index (χ1v) is 12.4. The lowest BCUT2D eigenvalue weighted by atomic mass is 10.1. The first-order chi connectivity index (χ1) is 16.2. The average molecular weight is 499 g/mol. The summed E-state index contributed by atoms with van der Waals surface area (Å²) >= 11 is 0. The van der Waals surface area contributed by atoms with Crippen LogP contribution in [0.4, 0.5) is 0 Å². The molecule has 0 aliphatic carbocycles. The Hall–Kier alpha value is -2.76. The van der Waals surface area contributed by atoms with Gasteiger partial charge in [-0.15, -0.1) is 0 Å². The summed E-state index contributed by atoms with van der Waals surface area (Å²) in [5.74, 6) is -1.31. The number of benzene rings is 1. The average Bonchev–Trinajstić information content (AvgIpc) is 3.23. The molecule has 0 amide bonds. The van der Waals surface area contributed by atoms with Crippen LogP contribution >= 0.6 is 0 Å². The van der Waals surface area contributed by atoms with Crippen molar-refractivity contribution in [1.82, 2.24) is 4.57 Å². The molecule has 2 rings (SSSR count). The number of rotatable bonds is 13. The molecule has 1 aromatic heterocycles. The standard InChI is InChI=1S/C15H17N2O4.C8H18O4S/c1-16-8-9-17(11-16)13(14(18)20-2)15(19)21-10-12-6-4-3-5-7-12;1-2-3-4-5-6-7-8-12-13(9,10)11/h3-9,11,13H,10H2,1-2H3;2-8H2,1H3,(H,9,10,11)/q+1;/p-1/t13-;/m0./s1. The van der Waals surface area contributed by atoms with Crippen molar-refractivity contribution >= 4 is 22.3 Å². The van der Waals surface area contributed by atoms with Crippen LogP contribution in [-0.4, -0.2) is 43.2 Å². The normalized spacial score (nSPS) is 11.8. The molecule has 0 saturated carbocycles. The second-order valence-corrected chi connectivity index (χ2v) is 8.60. The van der Waals surface area contributed by atoms with Crippen LogP contribution in [0.1, 0.15) is 57.1 Å². The summed E-state index contributed by atoms with van der Waals surface area (Å²) < 4.78 is 47.1. The van der Waals surface area contributed by atoms with Crippen LogP contribution in [-0.2, 0) is 47.3 Å². The van der Waals surface area contributed by atoms with E-state index in [9.17, 15) is 22.6 Å². The summed E-state index contributed by atoms with van der Waals surface area (Å²) in [6.45, 7) is 2.27.